The van der Waals surface area contributed by atoms with Crippen LogP contribution >= 0.6 is 0 Å². The maximum absolute atomic E-state index is 12.5. The van der Waals surface area contributed by atoms with E-state index in [9.17, 15) is 9.59 Å². The molecule has 0 aliphatic carbocycles. The molecule has 1 fully saturated rings. The van der Waals surface area contributed by atoms with Crippen molar-refractivity contribution in [3.63, 3.8) is 0 Å². The van der Waals surface area contributed by atoms with Crippen molar-refractivity contribution in [2.45, 2.75) is 19.8 Å². The minimum atomic E-state index is -0.161. The van der Waals surface area contributed by atoms with Gasteiger partial charge in [-0.2, -0.15) is 0 Å². The Morgan fingerprint density at radius 1 is 1.38 bits per heavy atom. The van der Waals surface area contributed by atoms with Gasteiger partial charge in [0.25, 0.3) is 5.91 Å². The number of methoxy groups -OCH3 is 1. The second-order valence-electron chi connectivity index (χ2n) is 4.89. The first kappa shape index (κ1) is 15.3. The zero-order valence-corrected chi connectivity index (χ0v) is 12.4. The summed E-state index contributed by atoms with van der Waals surface area (Å²) < 4.78 is 10.2. The van der Waals surface area contributed by atoms with Crippen LogP contribution in [0.3, 0.4) is 0 Å². The van der Waals surface area contributed by atoms with Crippen LogP contribution in [-0.2, 0) is 9.53 Å². The number of rotatable bonds is 4. The van der Waals surface area contributed by atoms with E-state index in [4.69, 9.17) is 9.47 Å². The first-order valence-electron chi connectivity index (χ1n) is 7.11. The molecule has 0 aromatic carbocycles. The number of hydrogen-bond acceptors (Lipinski definition) is 5. The summed E-state index contributed by atoms with van der Waals surface area (Å²) in [5.41, 5.74) is 0.502. The summed E-state index contributed by atoms with van der Waals surface area (Å²) in [6, 6.07) is 1.65. The Hall–Kier alpha value is -2.11. The highest BCUT2D eigenvalue weighted by Crippen LogP contribution is 2.23. The number of nitrogens with zero attached hydrogens (tertiary/aromatic N) is 2. The van der Waals surface area contributed by atoms with E-state index >= 15 is 0 Å². The molecular formula is C15H20N2O4. The molecule has 1 aliphatic rings. The summed E-state index contributed by atoms with van der Waals surface area (Å²) in [5.74, 6) is 0.117. The number of pyridine rings is 1. The average Bonchev–Trinajstić information content (AvgIpc) is 2.54. The molecule has 1 amide bonds. The second kappa shape index (κ2) is 7.06. The predicted octanol–water partition coefficient (Wildman–Crippen LogP) is 1.51. The van der Waals surface area contributed by atoms with Gasteiger partial charge < -0.3 is 14.4 Å². The van der Waals surface area contributed by atoms with Crippen molar-refractivity contribution in [1.82, 2.24) is 9.88 Å². The number of amides is 1. The quantitative estimate of drug-likeness (QED) is 0.787. The van der Waals surface area contributed by atoms with Crippen molar-refractivity contribution in [2.24, 2.45) is 5.92 Å². The van der Waals surface area contributed by atoms with E-state index in [2.05, 4.69) is 4.98 Å². The molecular weight excluding hydrogens is 272 g/mol. The molecule has 21 heavy (non-hydrogen) atoms. The highest BCUT2D eigenvalue weighted by atomic mass is 16.5. The van der Waals surface area contributed by atoms with Crippen molar-refractivity contribution < 1.29 is 19.1 Å². The van der Waals surface area contributed by atoms with Crippen LogP contribution in [0.25, 0.3) is 0 Å². The van der Waals surface area contributed by atoms with Crippen molar-refractivity contribution >= 4 is 11.9 Å². The largest absolute Gasteiger partial charge is 0.494 e. The highest BCUT2D eigenvalue weighted by Gasteiger charge is 2.29. The van der Waals surface area contributed by atoms with Gasteiger partial charge in [-0.15, -0.1) is 0 Å². The molecule has 6 nitrogen and oxygen atoms in total. The fourth-order valence-electron chi connectivity index (χ4n) is 2.47. The lowest BCUT2D eigenvalue weighted by Gasteiger charge is -2.31. The molecule has 0 atom stereocenters. The number of piperidine rings is 1. The van der Waals surface area contributed by atoms with E-state index in [1.807, 2.05) is 0 Å². The topological polar surface area (TPSA) is 68.7 Å². The summed E-state index contributed by atoms with van der Waals surface area (Å²) in [6.45, 7) is 3.29. The van der Waals surface area contributed by atoms with Gasteiger partial charge in [-0.3, -0.25) is 14.6 Å². The minimum Gasteiger partial charge on any atom is -0.494 e. The number of aromatic nitrogens is 1. The maximum atomic E-state index is 12.5. The molecule has 114 valence electrons. The fraction of sp³-hybridized carbons (Fsp3) is 0.533. The van der Waals surface area contributed by atoms with Crippen LogP contribution in [0.4, 0.5) is 0 Å². The zero-order chi connectivity index (χ0) is 15.2. The monoisotopic (exact) mass is 292 g/mol. The molecule has 0 radical (unpaired) electrons. The molecule has 1 aliphatic heterocycles. The van der Waals surface area contributed by atoms with Gasteiger partial charge in [0.15, 0.2) is 0 Å². The standard InChI is InChI=1S/C15H20N2O4/c1-3-21-15(19)11-5-8-17(9-6-11)14(18)12-4-7-16-10-13(12)20-2/h4,7,10-11H,3,5-6,8-9H2,1-2H3. The van der Waals surface area contributed by atoms with Gasteiger partial charge in [0.05, 0.1) is 31.4 Å². The lowest BCUT2D eigenvalue weighted by atomic mass is 9.96. The Balaban J connectivity index is 1.99. The van der Waals surface area contributed by atoms with Crippen molar-refractivity contribution in [3.05, 3.63) is 24.0 Å². The number of likely N-dealkylation sites (tertiary alicyclic amines) is 1. The zero-order valence-electron chi connectivity index (χ0n) is 12.4. The fourth-order valence-corrected chi connectivity index (χ4v) is 2.47. The summed E-state index contributed by atoms with van der Waals surface area (Å²) in [7, 11) is 1.51. The van der Waals surface area contributed by atoms with Crippen molar-refractivity contribution in [1.29, 1.82) is 0 Å². The number of esters is 1. The predicted molar refractivity (Wildman–Crippen MR) is 76.0 cm³/mol. The first-order valence-corrected chi connectivity index (χ1v) is 7.11. The Kier molecular flexibility index (Phi) is 5.14. The third-order valence-electron chi connectivity index (χ3n) is 3.64. The molecule has 0 spiro atoms. The van der Waals surface area contributed by atoms with Gasteiger partial charge in [-0.05, 0) is 25.8 Å². The van der Waals surface area contributed by atoms with Gasteiger partial charge in [0.2, 0.25) is 0 Å². The van der Waals surface area contributed by atoms with E-state index < -0.39 is 0 Å². The molecule has 2 rings (SSSR count). The van der Waals surface area contributed by atoms with Crippen molar-refractivity contribution in [3.8, 4) is 5.75 Å². The third-order valence-corrected chi connectivity index (χ3v) is 3.64. The molecule has 0 bridgehead atoms. The molecule has 0 N–H and O–H groups in total. The van der Waals surface area contributed by atoms with E-state index in [0.29, 0.717) is 43.9 Å². The van der Waals surface area contributed by atoms with E-state index in [1.54, 1.807) is 24.1 Å². The highest BCUT2D eigenvalue weighted by molar-refractivity contribution is 5.96. The number of carbonyl (C=O) groups excluding carboxylic acids is 2. The lowest BCUT2D eigenvalue weighted by molar-refractivity contribution is -0.149. The van der Waals surface area contributed by atoms with Gasteiger partial charge in [-0.25, -0.2) is 0 Å². The molecule has 1 saturated heterocycles. The molecule has 1 aromatic rings. The van der Waals surface area contributed by atoms with E-state index in [1.165, 1.54) is 13.3 Å². The maximum Gasteiger partial charge on any atom is 0.309 e. The Morgan fingerprint density at radius 2 is 2.10 bits per heavy atom. The van der Waals surface area contributed by atoms with Crippen LogP contribution in [0, 0.1) is 5.92 Å². The van der Waals surface area contributed by atoms with Crippen LogP contribution in [0.15, 0.2) is 18.5 Å². The van der Waals surface area contributed by atoms with Crippen LogP contribution in [0.5, 0.6) is 5.75 Å². The van der Waals surface area contributed by atoms with Gasteiger partial charge in [0.1, 0.15) is 5.75 Å². The smallest absolute Gasteiger partial charge is 0.309 e. The second-order valence-corrected chi connectivity index (χ2v) is 4.89. The van der Waals surface area contributed by atoms with Gasteiger partial charge in [0, 0.05) is 19.3 Å². The van der Waals surface area contributed by atoms with Crippen LogP contribution in [0.2, 0.25) is 0 Å². The average molecular weight is 292 g/mol. The van der Waals surface area contributed by atoms with Gasteiger partial charge >= 0.3 is 5.97 Å². The van der Waals surface area contributed by atoms with E-state index in [0.717, 1.165) is 0 Å². The van der Waals surface area contributed by atoms with Crippen LogP contribution in [-0.4, -0.2) is 48.6 Å². The van der Waals surface area contributed by atoms with Crippen molar-refractivity contribution in [2.75, 3.05) is 26.8 Å². The molecule has 0 unspecified atom stereocenters. The summed E-state index contributed by atoms with van der Waals surface area (Å²) >= 11 is 0. The number of carbonyl (C=O) groups is 2. The number of ether oxygens (including phenoxy) is 2. The summed E-state index contributed by atoms with van der Waals surface area (Å²) in [5, 5.41) is 0. The Bertz CT molecular complexity index is 510. The Morgan fingerprint density at radius 3 is 2.71 bits per heavy atom. The molecule has 0 saturated carbocycles. The van der Waals surface area contributed by atoms with Crippen LogP contribution in [0.1, 0.15) is 30.1 Å². The summed E-state index contributed by atoms with van der Waals surface area (Å²) in [6.07, 6.45) is 4.37. The SMILES string of the molecule is CCOC(=O)C1CCN(C(=O)c2ccncc2OC)CC1. The Labute approximate surface area is 124 Å². The minimum absolute atomic E-state index is 0.0865. The lowest BCUT2D eigenvalue weighted by Crippen LogP contribution is -2.40. The first-order chi connectivity index (χ1) is 10.2. The normalized spacial score (nSPS) is 15.6. The van der Waals surface area contributed by atoms with E-state index in [-0.39, 0.29) is 17.8 Å². The number of hydrogen-bond donors (Lipinski definition) is 0. The van der Waals surface area contributed by atoms with Gasteiger partial charge in [-0.1, -0.05) is 0 Å². The van der Waals surface area contributed by atoms with Crippen LogP contribution < -0.4 is 4.74 Å². The molecule has 2 heterocycles. The third kappa shape index (κ3) is 3.51. The summed E-state index contributed by atoms with van der Waals surface area (Å²) in [4.78, 5) is 29.9. The molecule has 6 heteroatoms. The molecule has 1 aromatic heterocycles.